The lowest BCUT2D eigenvalue weighted by atomic mass is 10.1. The standard InChI is InChI=1S/C20H33N7O5S/c21-6-2-1-4-14(19(30)27-7-3-5-16(27)20(31)32)25-18(29)15(10-33)26-17(28)13(22)8-12-9-23-11-24-12/h9,11,13-16,33H,1-8,10,21-22H2,(H,23,24)(H,25,29)(H,26,28)(H,31,32). The van der Waals surface area contributed by atoms with Crippen LogP contribution in [-0.2, 0) is 25.6 Å². The van der Waals surface area contributed by atoms with Crippen LogP contribution < -0.4 is 22.1 Å². The molecule has 1 aromatic rings. The van der Waals surface area contributed by atoms with Gasteiger partial charge in [-0.2, -0.15) is 12.6 Å². The molecule has 0 saturated carbocycles. The van der Waals surface area contributed by atoms with Crippen molar-refractivity contribution in [1.29, 1.82) is 0 Å². The average Bonchev–Trinajstić information content (AvgIpc) is 3.48. The lowest BCUT2D eigenvalue weighted by Crippen LogP contribution is -2.57. The number of thiol groups is 1. The van der Waals surface area contributed by atoms with Crippen LogP contribution in [0.5, 0.6) is 0 Å². The quantitative estimate of drug-likeness (QED) is 0.128. The number of nitrogens with zero attached hydrogens (tertiary/aromatic N) is 2. The van der Waals surface area contributed by atoms with Crippen LogP contribution in [0.15, 0.2) is 12.5 Å². The summed E-state index contributed by atoms with van der Waals surface area (Å²) in [6.07, 6.45) is 5.71. The van der Waals surface area contributed by atoms with E-state index in [0.29, 0.717) is 50.9 Å². The fraction of sp³-hybridized carbons (Fsp3) is 0.650. The van der Waals surface area contributed by atoms with Crippen molar-refractivity contribution in [3.8, 4) is 0 Å². The van der Waals surface area contributed by atoms with Crippen molar-refractivity contribution in [1.82, 2.24) is 25.5 Å². The number of likely N-dealkylation sites (tertiary alicyclic amines) is 1. The predicted molar refractivity (Wildman–Crippen MR) is 123 cm³/mol. The number of carboxylic acid groups (broad SMARTS) is 1. The number of unbranched alkanes of at least 4 members (excludes halogenated alkanes) is 1. The Morgan fingerprint density at radius 1 is 1.24 bits per heavy atom. The molecular weight excluding hydrogens is 450 g/mol. The summed E-state index contributed by atoms with van der Waals surface area (Å²) in [6.45, 7) is 0.744. The van der Waals surface area contributed by atoms with Crippen molar-refractivity contribution in [3.63, 3.8) is 0 Å². The third-order valence-electron chi connectivity index (χ3n) is 5.53. The molecule has 1 fully saturated rings. The number of carbonyl (C=O) groups is 4. The molecule has 3 amide bonds. The smallest absolute Gasteiger partial charge is 0.326 e. The molecule has 0 aliphatic carbocycles. The number of hydrogen-bond acceptors (Lipinski definition) is 8. The Balaban J connectivity index is 2.03. The number of aliphatic carboxylic acids is 1. The van der Waals surface area contributed by atoms with Gasteiger partial charge in [0.1, 0.15) is 18.1 Å². The van der Waals surface area contributed by atoms with Crippen LogP contribution in [0, 0.1) is 0 Å². The number of hydrogen-bond donors (Lipinski definition) is 7. The molecule has 1 aliphatic rings. The molecule has 13 heteroatoms. The number of rotatable bonds is 13. The fourth-order valence-electron chi connectivity index (χ4n) is 3.71. The zero-order chi connectivity index (χ0) is 24.4. The van der Waals surface area contributed by atoms with Gasteiger partial charge in [0.05, 0.1) is 12.4 Å². The maximum absolute atomic E-state index is 13.1. The zero-order valence-electron chi connectivity index (χ0n) is 18.4. The minimum absolute atomic E-state index is 0.0144. The van der Waals surface area contributed by atoms with Gasteiger partial charge in [0.25, 0.3) is 0 Å². The summed E-state index contributed by atoms with van der Waals surface area (Å²) in [5.74, 6) is -2.68. The van der Waals surface area contributed by atoms with Crippen LogP contribution in [0.25, 0.3) is 0 Å². The van der Waals surface area contributed by atoms with Crippen molar-refractivity contribution in [2.24, 2.45) is 11.5 Å². The highest BCUT2D eigenvalue weighted by molar-refractivity contribution is 7.80. The van der Waals surface area contributed by atoms with Crippen molar-refractivity contribution >= 4 is 36.3 Å². The fourth-order valence-corrected chi connectivity index (χ4v) is 3.97. The summed E-state index contributed by atoms with van der Waals surface area (Å²) in [5.41, 5.74) is 12.1. The molecule has 0 spiro atoms. The Bertz CT molecular complexity index is 807. The Morgan fingerprint density at radius 2 is 1.97 bits per heavy atom. The Labute approximate surface area is 197 Å². The van der Waals surface area contributed by atoms with Crippen molar-refractivity contribution in [2.45, 2.75) is 62.7 Å². The molecule has 1 saturated heterocycles. The van der Waals surface area contributed by atoms with E-state index in [1.54, 1.807) is 6.20 Å². The Hall–Kier alpha value is -2.64. The second kappa shape index (κ2) is 13.2. The number of nitrogens with two attached hydrogens (primary N) is 2. The van der Waals surface area contributed by atoms with Gasteiger partial charge in [-0.3, -0.25) is 14.4 Å². The van der Waals surface area contributed by atoms with E-state index in [1.165, 1.54) is 11.2 Å². The van der Waals surface area contributed by atoms with E-state index in [-0.39, 0.29) is 12.2 Å². The topological polar surface area (TPSA) is 197 Å². The van der Waals surface area contributed by atoms with Crippen LogP contribution in [0.2, 0.25) is 0 Å². The van der Waals surface area contributed by atoms with E-state index in [9.17, 15) is 24.3 Å². The Morgan fingerprint density at radius 3 is 2.58 bits per heavy atom. The first-order valence-electron chi connectivity index (χ1n) is 11.0. The van der Waals surface area contributed by atoms with Gasteiger partial charge in [-0.15, -0.1) is 0 Å². The summed E-state index contributed by atoms with van der Waals surface area (Å²) >= 11 is 4.15. The van der Waals surface area contributed by atoms with Gasteiger partial charge in [0.2, 0.25) is 17.7 Å². The molecule has 4 atom stereocenters. The maximum atomic E-state index is 13.1. The molecule has 8 N–H and O–H groups in total. The number of amides is 3. The lowest BCUT2D eigenvalue weighted by Gasteiger charge is -2.28. The molecule has 184 valence electrons. The van der Waals surface area contributed by atoms with Crippen LogP contribution in [0.3, 0.4) is 0 Å². The van der Waals surface area contributed by atoms with E-state index in [4.69, 9.17) is 11.5 Å². The summed E-state index contributed by atoms with van der Waals surface area (Å²) in [5, 5.41) is 14.6. The van der Waals surface area contributed by atoms with Crippen molar-refractivity contribution in [2.75, 3.05) is 18.8 Å². The molecule has 0 aromatic carbocycles. The van der Waals surface area contributed by atoms with E-state index in [2.05, 4.69) is 33.2 Å². The van der Waals surface area contributed by atoms with Crippen LogP contribution in [0.1, 0.15) is 37.8 Å². The third-order valence-corrected chi connectivity index (χ3v) is 5.89. The number of nitrogens with one attached hydrogen (secondary N) is 3. The van der Waals surface area contributed by atoms with Crippen molar-refractivity contribution < 1.29 is 24.3 Å². The highest BCUT2D eigenvalue weighted by atomic mass is 32.1. The van der Waals surface area contributed by atoms with Crippen LogP contribution >= 0.6 is 12.6 Å². The van der Waals surface area contributed by atoms with Crippen LogP contribution in [-0.4, -0.2) is 86.7 Å². The molecule has 2 heterocycles. The van der Waals surface area contributed by atoms with Gasteiger partial charge >= 0.3 is 5.97 Å². The largest absolute Gasteiger partial charge is 0.480 e. The molecule has 4 unspecified atom stereocenters. The van der Waals surface area contributed by atoms with Crippen LogP contribution in [0.4, 0.5) is 0 Å². The SMILES string of the molecule is NCCCCC(NC(=O)C(CS)NC(=O)C(N)Cc1cnc[nH]1)C(=O)N1CCCC1C(=O)O. The van der Waals surface area contributed by atoms with Gasteiger partial charge in [-0.25, -0.2) is 9.78 Å². The second-order valence-corrected chi connectivity index (χ2v) is 8.37. The maximum Gasteiger partial charge on any atom is 0.326 e. The number of H-pyrrole nitrogens is 1. The van der Waals surface area contributed by atoms with Crippen molar-refractivity contribution in [3.05, 3.63) is 18.2 Å². The van der Waals surface area contributed by atoms with Gasteiger partial charge < -0.3 is 37.1 Å². The number of carboxylic acids is 1. The number of imidazole rings is 1. The Kier molecular flexibility index (Phi) is 10.6. The summed E-state index contributed by atoms with van der Waals surface area (Å²) in [7, 11) is 0. The monoisotopic (exact) mass is 483 g/mol. The van der Waals surface area contributed by atoms with E-state index in [1.807, 2.05) is 0 Å². The molecule has 2 rings (SSSR count). The minimum atomic E-state index is -1.07. The lowest BCUT2D eigenvalue weighted by molar-refractivity contribution is -0.149. The molecular formula is C20H33N7O5S. The highest BCUT2D eigenvalue weighted by Gasteiger charge is 2.38. The first-order valence-corrected chi connectivity index (χ1v) is 11.6. The van der Waals surface area contributed by atoms with Gasteiger partial charge in [-0.05, 0) is 38.6 Å². The molecule has 1 aromatic heterocycles. The zero-order valence-corrected chi connectivity index (χ0v) is 19.3. The number of aromatic nitrogens is 2. The summed E-state index contributed by atoms with van der Waals surface area (Å²) in [6, 6.07) is -3.77. The first-order chi connectivity index (χ1) is 15.8. The molecule has 1 aliphatic heterocycles. The molecule has 33 heavy (non-hydrogen) atoms. The summed E-state index contributed by atoms with van der Waals surface area (Å²) in [4.78, 5) is 58.0. The van der Waals surface area contributed by atoms with Gasteiger partial charge in [-0.1, -0.05) is 0 Å². The second-order valence-electron chi connectivity index (χ2n) is 8.00. The van der Waals surface area contributed by atoms with E-state index >= 15 is 0 Å². The highest BCUT2D eigenvalue weighted by Crippen LogP contribution is 2.20. The van der Waals surface area contributed by atoms with E-state index in [0.717, 1.165) is 0 Å². The predicted octanol–water partition coefficient (Wildman–Crippen LogP) is -1.62. The first kappa shape index (κ1) is 26.6. The van der Waals surface area contributed by atoms with E-state index < -0.39 is 47.9 Å². The average molecular weight is 484 g/mol. The molecule has 0 bridgehead atoms. The normalized spacial score (nSPS) is 18.4. The van der Waals surface area contributed by atoms with Gasteiger partial charge in [0, 0.05) is 30.6 Å². The van der Waals surface area contributed by atoms with Gasteiger partial charge in [0.15, 0.2) is 0 Å². The summed E-state index contributed by atoms with van der Waals surface area (Å²) < 4.78 is 0. The minimum Gasteiger partial charge on any atom is -0.480 e. The number of carbonyl (C=O) groups excluding carboxylic acids is 3. The molecule has 12 nitrogen and oxygen atoms in total. The number of aromatic amines is 1. The third kappa shape index (κ3) is 7.72. The molecule has 0 radical (unpaired) electrons.